The van der Waals surface area contributed by atoms with Crippen LogP contribution in [-0.4, -0.2) is 53.4 Å². The Balaban J connectivity index is 0.00000176. The van der Waals surface area contributed by atoms with E-state index in [1.807, 2.05) is 56.3 Å². The second-order valence-corrected chi connectivity index (χ2v) is 8.11. The van der Waals surface area contributed by atoms with Gasteiger partial charge < -0.3 is 19.5 Å². The van der Waals surface area contributed by atoms with Gasteiger partial charge in [0, 0.05) is 6.42 Å². The summed E-state index contributed by atoms with van der Waals surface area (Å²) in [6.07, 6.45) is -0.0435. The fraction of sp³-hybridized carbons (Fsp3) is 0.375. The van der Waals surface area contributed by atoms with Gasteiger partial charge in [0.1, 0.15) is 17.2 Å². The number of carbonyl (C=O) groups excluding carboxylic acids is 2. The maximum Gasteiger partial charge on any atom is 0.328 e. The summed E-state index contributed by atoms with van der Waals surface area (Å²) in [6, 6.07) is 15.6. The molecule has 2 aromatic carbocycles. The number of methoxy groups -OCH3 is 2. The molecule has 0 spiro atoms. The third kappa shape index (κ3) is 6.03. The Hall–Kier alpha value is -3.00. The Morgan fingerprint density at radius 1 is 1.06 bits per heavy atom. The largest absolute Gasteiger partial charge is 0.497 e. The number of ether oxygens (including phenoxy) is 2. The molecule has 2 unspecified atom stereocenters. The van der Waals surface area contributed by atoms with Crippen LogP contribution >= 0.6 is 11.8 Å². The quantitative estimate of drug-likeness (QED) is 0.598. The van der Waals surface area contributed by atoms with Gasteiger partial charge in [-0.15, -0.1) is 11.8 Å². The Morgan fingerprint density at radius 2 is 1.69 bits per heavy atom. The average Bonchev–Trinajstić information content (AvgIpc) is 3.14. The third-order valence-corrected chi connectivity index (χ3v) is 6.37. The van der Waals surface area contributed by atoms with Gasteiger partial charge in [-0.3, -0.25) is 9.59 Å². The molecule has 0 aromatic heterocycles. The molecule has 1 heterocycles. The molecule has 1 saturated heterocycles. The van der Waals surface area contributed by atoms with Crippen LogP contribution in [0.15, 0.2) is 54.6 Å². The zero-order chi connectivity index (χ0) is 23.7. The van der Waals surface area contributed by atoms with Crippen LogP contribution in [0.25, 0.3) is 0 Å². The molecule has 1 fully saturated rings. The summed E-state index contributed by atoms with van der Waals surface area (Å²) in [5.41, 5.74) is 1.66. The minimum atomic E-state index is -1.06. The second kappa shape index (κ2) is 12.1. The van der Waals surface area contributed by atoms with Gasteiger partial charge in [-0.25, -0.2) is 4.79 Å². The van der Waals surface area contributed by atoms with Crippen molar-refractivity contribution in [3.05, 3.63) is 65.7 Å². The van der Waals surface area contributed by atoms with Crippen molar-refractivity contribution in [1.82, 2.24) is 4.90 Å². The highest BCUT2D eigenvalue weighted by molar-refractivity contribution is 8.01. The Kier molecular flexibility index (Phi) is 9.59. The molecule has 3 rings (SSSR count). The van der Waals surface area contributed by atoms with Crippen LogP contribution in [0.1, 0.15) is 36.8 Å². The molecule has 32 heavy (non-hydrogen) atoms. The number of hydrogen-bond acceptors (Lipinski definition) is 6. The van der Waals surface area contributed by atoms with Crippen molar-refractivity contribution in [1.29, 1.82) is 0 Å². The van der Waals surface area contributed by atoms with E-state index in [1.165, 1.54) is 23.8 Å². The van der Waals surface area contributed by atoms with Gasteiger partial charge >= 0.3 is 11.9 Å². The first-order valence-electron chi connectivity index (χ1n) is 10.4. The molecule has 1 amide bonds. The van der Waals surface area contributed by atoms with Crippen LogP contribution in [-0.2, 0) is 25.5 Å². The molecule has 2 aromatic rings. The van der Waals surface area contributed by atoms with E-state index < -0.39 is 28.6 Å². The van der Waals surface area contributed by atoms with E-state index in [0.717, 1.165) is 11.1 Å². The predicted molar refractivity (Wildman–Crippen MR) is 124 cm³/mol. The Bertz CT molecular complexity index is 902. The molecular weight excluding hydrogens is 430 g/mol. The van der Waals surface area contributed by atoms with E-state index in [9.17, 15) is 19.5 Å². The van der Waals surface area contributed by atoms with Gasteiger partial charge in [-0.2, -0.15) is 0 Å². The van der Waals surface area contributed by atoms with Crippen LogP contribution in [0.5, 0.6) is 5.75 Å². The zero-order valence-corrected chi connectivity index (χ0v) is 19.5. The number of thioether (sulfide) groups is 1. The van der Waals surface area contributed by atoms with Crippen LogP contribution in [0.4, 0.5) is 0 Å². The topological polar surface area (TPSA) is 93.1 Å². The summed E-state index contributed by atoms with van der Waals surface area (Å²) in [7, 11) is 2.84. The molecule has 0 bridgehead atoms. The first-order valence-corrected chi connectivity index (χ1v) is 11.3. The number of aliphatic carboxylic acids is 1. The smallest absolute Gasteiger partial charge is 0.328 e. The third-order valence-electron chi connectivity index (χ3n) is 4.92. The molecule has 0 saturated carbocycles. The highest BCUT2D eigenvalue weighted by Crippen LogP contribution is 2.46. The summed E-state index contributed by atoms with van der Waals surface area (Å²) >= 11 is 1.24. The number of hydrogen-bond donors (Lipinski definition) is 1. The normalized spacial score (nSPS) is 18.4. The molecule has 1 aliphatic rings. The summed E-state index contributed by atoms with van der Waals surface area (Å²) in [5.74, 6) is -1.32. The molecule has 3 atom stereocenters. The van der Waals surface area contributed by atoms with E-state index in [-0.39, 0.29) is 18.7 Å². The van der Waals surface area contributed by atoms with Crippen molar-refractivity contribution in [3.8, 4) is 5.75 Å². The van der Waals surface area contributed by atoms with Crippen LogP contribution in [0.2, 0.25) is 0 Å². The highest BCUT2D eigenvalue weighted by atomic mass is 32.2. The number of amides is 1. The predicted octanol–water partition coefficient (Wildman–Crippen LogP) is 3.92. The van der Waals surface area contributed by atoms with Crippen molar-refractivity contribution in [2.24, 2.45) is 0 Å². The van der Waals surface area contributed by atoms with Crippen molar-refractivity contribution in [2.45, 2.75) is 43.4 Å². The van der Waals surface area contributed by atoms with Crippen LogP contribution < -0.4 is 4.74 Å². The minimum Gasteiger partial charge on any atom is -0.497 e. The molecule has 1 aliphatic heterocycles. The number of rotatable bonds is 8. The number of esters is 1. The number of nitrogens with zero attached hydrogens (tertiary/aromatic N) is 1. The van der Waals surface area contributed by atoms with E-state index in [4.69, 9.17) is 9.47 Å². The molecule has 8 heteroatoms. The van der Waals surface area contributed by atoms with Crippen molar-refractivity contribution < 1.29 is 29.0 Å². The molecule has 1 N–H and O–H groups in total. The van der Waals surface area contributed by atoms with Crippen molar-refractivity contribution in [3.63, 3.8) is 0 Å². The molecule has 0 aliphatic carbocycles. The minimum absolute atomic E-state index is 0.270. The standard InChI is InChI=1S/C22H23NO6S.C2H6/c1-28-16-10-8-15(9-11-16)21-23(20(26)18(30-21)13-19(24)25)17(22(27)29-2)12-14-6-4-3-5-7-14;1-2/h3-11,17-18,21H,12-13H2,1-2H3,(H,24,25);1-2H3/t17-,18?,21?;/m0./s1. The number of carboxylic acid groups (broad SMARTS) is 1. The van der Waals surface area contributed by atoms with Gasteiger partial charge in [0.2, 0.25) is 5.91 Å². The fourth-order valence-corrected chi connectivity index (χ4v) is 4.93. The van der Waals surface area contributed by atoms with Crippen LogP contribution in [0, 0.1) is 0 Å². The van der Waals surface area contributed by atoms with Gasteiger partial charge in [-0.05, 0) is 23.3 Å². The van der Waals surface area contributed by atoms with Gasteiger partial charge in [0.05, 0.1) is 25.9 Å². The fourth-order valence-electron chi connectivity index (χ4n) is 3.45. The Labute approximate surface area is 192 Å². The first kappa shape index (κ1) is 25.3. The first-order chi connectivity index (χ1) is 15.4. The maximum absolute atomic E-state index is 13.2. The molecule has 0 radical (unpaired) electrons. The van der Waals surface area contributed by atoms with Gasteiger partial charge in [0.15, 0.2) is 0 Å². The summed E-state index contributed by atoms with van der Waals surface area (Å²) in [6.45, 7) is 4.00. The lowest BCUT2D eigenvalue weighted by Crippen LogP contribution is -2.46. The monoisotopic (exact) mass is 459 g/mol. The van der Waals surface area contributed by atoms with Crippen LogP contribution in [0.3, 0.4) is 0 Å². The maximum atomic E-state index is 13.2. The second-order valence-electron chi connectivity index (χ2n) is 6.82. The average molecular weight is 460 g/mol. The SMILES string of the molecule is CC.COC(=O)[C@H](Cc1ccccc1)N1C(=O)C(CC(=O)O)SC1c1ccc(OC)cc1. The highest BCUT2D eigenvalue weighted by Gasteiger charge is 2.47. The lowest BCUT2D eigenvalue weighted by atomic mass is 10.0. The number of carboxylic acids is 1. The number of carbonyl (C=O) groups is 3. The van der Waals surface area contributed by atoms with E-state index in [2.05, 4.69) is 0 Å². The van der Waals surface area contributed by atoms with Crippen molar-refractivity contribution >= 4 is 29.6 Å². The van der Waals surface area contributed by atoms with Crippen molar-refractivity contribution in [2.75, 3.05) is 14.2 Å². The molecular formula is C24H29NO6S. The summed E-state index contributed by atoms with van der Waals surface area (Å²) in [4.78, 5) is 38.7. The number of benzene rings is 2. The summed E-state index contributed by atoms with van der Waals surface area (Å²) in [5, 5.41) is 7.95. The van der Waals surface area contributed by atoms with E-state index >= 15 is 0 Å². The lowest BCUT2D eigenvalue weighted by Gasteiger charge is -2.31. The molecule has 172 valence electrons. The lowest BCUT2D eigenvalue weighted by molar-refractivity contribution is -0.153. The Morgan fingerprint density at radius 3 is 2.22 bits per heavy atom. The summed E-state index contributed by atoms with van der Waals surface area (Å²) < 4.78 is 10.2. The zero-order valence-electron chi connectivity index (χ0n) is 18.7. The van der Waals surface area contributed by atoms with E-state index in [0.29, 0.717) is 5.75 Å². The van der Waals surface area contributed by atoms with E-state index in [1.54, 1.807) is 19.2 Å². The molecule has 7 nitrogen and oxygen atoms in total. The van der Waals surface area contributed by atoms with Gasteiger partial charge in [-0.1, -0.05) is 56.3 Å². The van der Waals surface area contributed by atoms with Gasteiger partial charge in [0.25, 0.3) is 0 Å².